The van der Waals surface area contributed by atoms with Gasteiger partial charge in [0.15, 0.2) is 9.84 Å². The fraction of sp³-hybridized carbons (Fsp3) is 0.464. The van der Waals surface area contributed by atoms with Crippen LogP contribution in [0.25, 0.3) is 5.65 Å². The largest absolute Gasteiger partial charge is 0.495 e. The van der Waals surface area contributed by atoms with Crippen LogP contribution in [0.15, 0.2) is 41.4 Å². The average Bonchev–Trinajstić information content (AvgIpc) is 3.24. The van der Waals surface area contributed by atoms with E-state index in [1.54, 1.807) is 19.2 Å². The maximum absolute atomic E-state index is 15.1. The second-order valence-corrected chi connectivity index (χ2v) is 12.2. The van der Waals surface area contributed by atoms with E-state index in [4.69, 9.17) is 4.74 Å². The van der Waals surface area contributed by atoms with Crippen LogP contribution < -0.4 is 15.4 Å². The highest BCUT2D eigenvalue weighted by Gasteiger charge is 2.36. The Bertz CT molecular complexity index is 1560. The van der Waals surface area contributed by atoms with Gasteiger partial charge >= 0.3 is 6.18 Å². The molecule has 13 heteroatoms. The van der Waals surface area contributed by atoms with Crippen molar-refractivity contribution in [1.82, 2.24) is 19.6 Å². The molecule has 0 saturated carbocycles. The lowest BCUT2D eigenvalue weighted by Crippen LogP contribution is -2.44. The summed E-state index contributed by atoms with van der Waals surface area (Å²) in [5, 5.41) is 6.17. The number of hydrogen-bond donors (Lipinski definition) is 2. The summed E-state index contributed by atoms with van der Waals surface area (Å²) in [6.07, 6.45) is -3.66. The Morgan fingerprint density at radius 2 is 2.02 bits per heavy atom. The fourth-order valence-corrected chi connectivity index (χ4v) is 5.84. The van der Waals surface area contributed by atoms with E-state index in [0.717, 1.165) is 6.26 Å². The third-order valence-corrected chi connectivity index (χ3v) is 8.30. The van der Waals surface area contributed by atoms with Crippen molar-refractivity contribution in [2.45, 2.75) is 36.1 Å². The molecule has 1 aromatic carbocycles. The molecule has 4 rings (SSSR count). The summed E-state index contributed by atoms with van der Waals surface area (Å²) in [5.41, 5.74) is 1.25. The number of halogens is 4. The van der Waals surface area contributed by atoms with E-state index < -0.39 is 34.6 Å². The van der Waals surface area contributed by atoms with Crippen LogP contribution in [0.4, 0.5) is 23.2 Å². The van der Waals surface area contributed by atoms with Crippen LogP contribution in [0.1, 0.15) is 29.4 Å². The predicted octanol–water partition coefficient (Wildman–Crippen LogP) is 3.87. The number of imidazole rings is 1. The Balaban J connectivity index is 1.67. The van der Waals surface area contributed by atoms with Gasteiger partial charge in [-0.15, -0.1) is 0 Å². The number of alkyl halides is 4. The molecular formula is C28H33F4N5O3S. The number of aromatic nitrogens is 2. The Kier molecular flexibility index (Phi) is 9.16. The number of rotatable bonds is 8. The molecule has 0 amide bonds. The van der Waals surface area contributed by atoms with Crippen LogP contribution in [0.3, 0.4) is 0 Å². The van der Waals surface area contributed by atoms with Gasteiger partial charge in [-0.1, -0.05) is 12.0 Å². The third kappa shape index (κ3) is 7.12. The molecule has 3 atom stereocenters. The smallest absolute Gasteiger partial charge is 0.394 e. The predicted molar refractivity (Wildman–Crippen MR) is 149 cm³/mol. The number of nitrogens with zero attached hydrogens (tertiary/aromatic N) is 3. The van der Waals surface area contributed by atoms with Crippen LogP contribution in [-0.4, -0.2) is 82.1 Å². The molecule has 1 saturated heterocycles. The van der Waals surface area contributed by atoms with Crippen molar-refractivity contribution in [3.05, 3.63) is 53.5 Å². The number of methoxy groups -OCH3 is 1. The zero-order valence-corrected chi connectivity index (χ0v) is 24.0. The summed E-state index contributed by atoms with van der Waals surface area (Å²) >= 11 is 0. The van der Waals surface area contributed by atoms with E-state index in [0.29, 0.717) is 29.9 Å². The molecular weight excluding hydrogens is 562 g/mol. The molecule has 0 aliphatic carbocycles. The van der Waals surface area contributed by atoms with Gasteiger partial charge < -0.3 is 24.7 Å². The topological polar surface area (TPSA) is 88.0 Å². The van der Waals surface area contributed by atoms with Gasteiger partial charge in [-0.3, -0.25) is 0 Å². The highest BCUT2D eigenvalue weighted by Crippen LogP contribution is 2.35. The van der Waals surface area contributed by atoms with E-state index >= 15 is 4.39 Å². The first kappa shape index (κ1) is 30.6. The number of nitrogens with one attached hydrogen (secondary N) is 2. The number of hydrogen-bond acceptors (Lipinski definition) is 7. The average molecular weight is 596 g/mol. The molecule has 2 N–H and O–H groups in total. The quantitative estimate of drug-likeness (QED) is 0.302. The van der Waals surface area contributed by atoms with Crippen molar-refractivity contribution in [3.63, 3.8) is 0 Å². The van der Waals surface area contributed by atoms with Gasteiger partial charge in [0.1, 0.15) is 23.3 Å². The number of ether oxygens (including phenoxy) is 1. The minimum atomic E-state index is -4.50. The Hall–Kier alpha value is -3.34. The normalized spacial score (nSPS) is 19.0. The summed E-state index contributed by atoms with van der Waals surface area (Å²) in [4.78, 5) is 6.52. The number of benzene rings is 1. The molecule has 1 aliphatic rings. The number of piperidine rings is 1. The number of likely N-dealkylation sites (tertiary alicyclic amines) is 1. The summed E-state index contributed by atoms with van der Waals surface area (Å²) in [6, 6.07) is 7.28. The Morgan fingerprint density at radius 1 is 1.27 bits per heavy atom. The van der Waals surface area contributed by atoms with Crippen molar-refractivity contribution in [3.8, 4) is 17.6 Å². The lowest BCUT2D eigenvalue weighted by atomic mass is 9.84. The summed E-state index contributed by atoms with van der Waals surface area (Å²) in [6.45, 7) is 1.02. The Labute approximate surface area is 237 Å². The minimum Gasteiger partial charge on any atom is -0.495 e. The molecule has 222 valence electrons. The highest BCUT2D eigenvalue weighted by atomic mass is 32.2. The maximum Gasteiger partial charge on any atom is 0.394 e. The number of anilines is 1. The van der Waals surface area contributed by atoms with Gasteiger partial charge in [-0.25, -0.2) is 17.8 Å². The first-order valence-electron chi connectivity index (χ1n) is 13.0. The summed E-state index contributed by atoms with van der Waals surface area (Å²) in [7, 11) is 1.53. The van der Waals surface area contributed by atoms with Gasteiger partial charge in [-0.05, 0) is 51.2 Å². The van der Waals surface area contributed by atoms with Crippen molar-refractivity contribution in [2.24, 2.45) is 5.92 Å². The molecule has 3 heterocycles. The van der Waals surface area contributed by atoms with Crippen molar-refractivity contribution in [1.29, 1.82) is 0 Å². The van der Waals surface area contributed by atoms with E-state index in [2.05, 4.69) is 27.5 Å². The van der Waals surface area contributed by atoms with Crippen LogP contribution in [-0.2, 0) is 16.3 Å². The summed E-state index contributed by atoms with van der Waals surface area (Å²) in [5.74, 6) is 5.49. The Morgan fingerprint density at radius 3 is 2.66 bits per heavy atom. The van der Waals surface area contributed by atoms with Gasteiger partial charge in [-0.2, -0.15) is 13.2 Å². The highest BCUT2D eigenvalue weighted by molar-refractivity contribution is 7.90. The summed E-state index contributed by atoms with van der Waals surface area (Å²) < 4.78 is 86.2. The van der Waals surface area contributed by atoms with Crippen LogP contribution in [0.5, 0.6) is 5.75 Å². The number of sulfone groups is 1. The molecule has 1 aliphatic heterocycles. The molecule has 0 bridgehead atoms. The van der Waals surface area contributed by atoms with E-state index in [-0.39, 0.29) is 41.0 Å². The van der Waals surface area contributed by atoms with E-state index in [1.807, 2.05) is 11.9 Å². The first-order chi connectivity index (χ1) is 19.3. The lowest BCUT2D eigenvalue weighted by Gasteiger charge is -2.37. The molecule has 0 radical (unpaired) electrons. The minimum absolute atomic E-state index is 0.0222. The standard InChI is InChI=1S/C28H33F4N5O3S/c1-33-26(19-11-14-36(2)17-21(19)29)20-7-6-13-37-24(16-28(30,31)32)22(35-27(20)37)8-5-12-34-23-10-9-18(41(4,38)39)15-25(23)40-3/h6-7,9-10,13,15,19,21,26,33-34H,11-12,14,16-17H2,1-4H3/t19-,21-,26+/m1/s1. The maximum atomic E-state index is 15.1. The third-order valence-electron chi connectivity index (χ3n) is 7.19. The zero-order valence-electron chi connectivity index (χ0n) is 23.2. The van der Waals surface area contributed by atoms with Crippen LogP contribution in [0, 0.1) is 17.8 Å². The molecule has 0 spiro atoms. The second kappa shape index (κ2) is 12.3. The van der Waals surface area contributed by atoms with Crippen molar-refractivity contribution >= 4 is 21.2 Å². The second-order valence-electron chi connectivity index (χ2n) is 10.1. The molecule has 0 unspecified atom stereocenters. The molecule has 1 fully saturated rings. The van der Waals surface area contributed by atoms with Crippen molar-refractivity contribution < 1.29 is 30.7 Å². The molecule has 8 nitrogen and oxygen atoms in total. The SMILES string of the molecule is CN[C@H](c1cccn2c(CC(F)(F)F)c(C#CCNc3ccc(S(C)(=O)=O)cc3OC)nc12)[C@@H]1CCN(C)C[C@H]1F. The molecule has 3 aromatic rings. The fourth-order valence-electron chi connectivity index (χ4n) is 5.21. The van der Waals surface area contributed by atoms with Gasteiger partial charge in [0.2, 0.25) is 0 Å². The molecule has 41 heavy (non-hydrogen) atoms. The van der Waals surface area contributed by atoms with E-state index in [1.165, 1.54) is 35.9 Å². The first-order valence-corrected chi connectivity index (χ1v) is 14.9. The van der Waals surface area contributed by atoms with Crippen LogP contribution >= 0.6 is 0 Å². The molecule has 2 aromatic heterocycles. The number of fused-ring (bicyclic) bond motifs is 1. The van der Waals surface area contributed by atoms with Gasteiger partial charge in [0.25, 0.3) is 0 Å². The number of pyridine rings is 1. The van der Waals surface area contributed by atoms with E-state index in [9.17, 15) is 21.6 Å². The van der Waals surface area contributed by atoms with Crippen LogP contribution in [0.2, 0.25) is 0 Å². The monoisotopic (exact) mass is 595 g/mol. The lowest BCUT2D eigenvalue weighted by molar-refractivity contribution is -0.128. The zero-order chi connectivity index (χ0) is 29.9. The van der Waals surface area contributed by atoms with Gasteiger partial charge in [0, 0.05) is 42.6 Å². The van der Waals surface area contributed by atoms with Crippen molar-refractivity contribution in [2.75, 3.05) is 52.4 Å². The van der Waals surface area contributed by atoms with Gasteiger partial charge in [0.05, 0.1) is 36.4 Å².